The molecule has 2 aromatic rings. The van der Waals surface area contributed by atoms with Crippen LogP contribution in [0.5, 0.6) is 0 Å². The van der Waals surface area contributed by atoms with E-state index in [1.54, 1.807) is 12.4 Å². The predicted molar refractivity (Wildman–Crippen MR) is 80.1 cm³/mol. The number of nitrogens with two attached hydrogens (primary N) is 1. The summed E-state index contributed by atoms with van der Waals surface area (Å²) in [5.41, 5.74) is 7.36. The van der Waals surface area contributed by atoms with Crippen LogP contribution in [-0.2, 0) is 11.3 Å². The molecule has 1 amide bonds. The van der Waals surface area contributed by atoms with Gasteiger partial charge < -0.3 is 10.8 Å². The Kier molecular flexibility index (Phi) is 5.43. The van der Waals surface area contributed by atoms with E-state index < -0.39 is 11.9 Å². The largest absolute Gasteiger partial charge is 0.395 e. The summed E-state index contributed by atoms with van der Waals surface area (Å²) in [6, 6.07) is 12.6. The highest BCUT2D eigenvalue weighted by Crippen LogP contribution is 2.22. The molecule has 5 nitrogen and oxygen atoms in total. The lowest BCUT2D eigenvalue weighted by molar-refractivity contribution is -0.123. The van der Waals surface area contributed by atoms with Gasteiger partial charge in [0.2, 0.25) is 5.91 Å². The summed E-state index contributed by atoms with van der Waals surface area (Å²) in [4.78, 5) is 17.8. The van der Waals surface area contributed by atoms with Gasteiger partial charge in [0, 0.05) is 25.5 Å². The molecule has 1 aromatic carbocycles. The Bertz CT molecular complexity index is 560. The summed E-state index contributed by atoms with van der Waals surface area (Å²) in [5.74, 6) is -0.432. The molecule has 0 fully saturated rings. The molecule has 0 aliphatic rings. The number of hydrogen-bond donors (Lipinski definition) is 2. The van der Waals surface area contributed by atoms with Crippen LogP contribution < -0.4 is 5.73 Å². The number of pyridine rings is 1. The molecule has 3 N–H and O–H groups in total. The van der Waals surface area contributed by atoms with Gasteiger partial charge in [0.15, 0.2) is 0 Å². The topological polar surface area (TPSA) is 79.5 Å². The maximum Gasteiger partial charge on any atom is 0.239 e. The van der Waals surface area contributed by atoms with Gasteiger partial charge in [-0.15, -0.1) is 0 Å². The average Bonchev–Trinajstić information content (AvgIpc) is 2.49. The van der Waals surface area contributed by atoms with E-state index in [9.17, 15) is 9.90 Å². The third-order valence-electron chi connectivity index (χ3n) is 3.25. The Morgan fingerprint density at radius 3 is 2.57 bits per heavy atom. The Labute approximate surface area is 124 Å². The number of primary amides is 1. The van der Waals surface area contributed by atoms with Crippen LogP contribution in [0, 0.1) is 0 Å². The molecule has 2 rings (SSSR count). The molecule has 0 saturated heterocycles. The second kappa shape index (κ2) is 7.52. The highest BCUT2D eigenvalue weighted by atomic mass is 16.3. The van der Waals surface area contributed by atoms with Crippen molar-refractivity contribution in [1.82, 2.24) is 9.88 Å². The van der Waals surface area contributed by atoms with Crippen molar-refractivity contribution in [3.63, 3.8) is 0 Å². The fourth-order valence-corrected chi connectivity index (χ4v) is 2.34. The zero-order valence-corrected chi connectivity index (χ0v) is 11.7. The van der Waals surface area contributed by atoms with E-state index in [-0.39, 0.29) is 6.61 Å². The lowest BCUT2D eigenvalue weighted by Gasteiger charge is -2.29. The minimum atomic E-state index is -0.571. The molecule has 1 heterocycles. The average molecular weight is 285 g/mol. The molecule has 0 saturated carbocycles. The van der Waals surface area contributed by atoms with Crippen LogP contribution in [0.4, 0.5) is 0 Å². The summed E-state index contributed by atoms with van der Waals surface area (Å²) in [5, 5.41) is 9.28. The second-order valence-corrected chi connectivity index (χ2v) is 4.77. The van der Waals surface area contributed by atoms with Gasteiger partial charge in [-0.3, -0.25) is 14.7 Å². The van der Waals surface area contributed by atoms with Gasteiger partial charge in [0.1, 0.15) is 6.04 Å². The molecule has 0 radical (unpaired) electrons. The van der Waals surface area contributed by atoms with Crippen LogP contribution in [0.1, 0.15) is 17.2 Å². The van der Waals surface area contributed by atoms with E-state index >= 15 is 0 Å². The molecule has 0 bridgehead atoms. The first-order valence-corrected chi connectivity index (χ1v) is 6.80. The van der Waals surface area contributed by atoms with Crippen molar-refractivity contribution in [2.75, 3.05) is 13.2 Å². The summed E-state index contributed by atoms with van der Waals surface area (Å²) in [7, 11) is 0. The van der Waals surface area contributed by atoms with Crippen molar-refractivity contribution in [2.24, 2.45) is 5.73 Å². The van der Waals surface area contributed by atoms with Crippen LogP contribution in [0.3, 0.4) is 0 Å². The zero-order valence-electron chi connectivity index (χ0n) is 11.7. The van der Waals surface area contributed by atoms with Gasteiger partial charge in [-0.2, -0.15) is 0 Å². The fourth-order valence-electron chi connectivity index (χ4n) is 2.34. The number of amides is 1. The lowest BCUT2D eigenvalue weighted by Crippen LogP contribution is -2.39. The van der Waals surface area contributed by atoms with Gasteiger partial charge in [0.05, 0.1) is 6.61 Å². The number of carbonyl (C=O) groups excluding carboxylic acids is 1. The van der Waals surface area contributed by atoms with Crippen LogP contribution in [0.15, 0.2) is 54.9 Å². The Morgan fingerprint density at radius 1 is 1.24 bits per heavy atom. The van der Waals surface area contributed by atoms with Crippen molar-refractivity contribution in [1.29, 1.82) is 0 Å². The lowest BCUT2D eigenvalue weighted by atomic mass is 10.0. The van der Waals surface area contributed by atoms with Crippen LogP contribution in [0.25, 0.3) is 0 Å². The molecule has 0 aliphatic carbocycles. The first-order chi connectivity index (χ1) is 10.2. The first kappa shape index (κ1) is 15.2. The predicted octanol–water partition coefficient (Wildman–Crippen LogP) is 1.10. The molecule has 5 heteroatoms. The molecule has 21 heavy (non-hydrogen) atoms. The Balaban J connectivity index is 2.27. The molecule has 110 valence electrons. The van der Waals surface area contributed by atoms with Crippen molar-refractivity contribution in [3.05, 3.63) is 66.0 Å². The summed E-state index contributed by atoms with van der Waals surface area (Å²) < 4.78 is 0. The first-order valence-electron chi connectivity index (χ1n) is 6.80. The molecular weight excluding hydrogens is 266 g/mol. The van der Waals surface area contributed by atoms with Crippen molar-refractivity contribution in [3.8, 4) is 0 Å². The van der Waals surface area contributed by atoms with Crippen molar-refractivity contribution in [2.45, 2.75) is 12.6 Å². The van der Waals surface area contributed by atoms with Gasteiger partial charge in [-0.25, -0.2) is 0 Å². The second-order valence-electron chi connectivity index (χ2n) is 4.77. The smallest absolute Gasteiger partial charge is 0.239 e. The number of aliphatic hydroxyl groups is 1. The van der Waals surface area contributed by atoms with Gasteiger partial charge in [-0.1, -0.05) is 36.4 Å². The number of rotatable bonds is 7. The minimum absolute atomic E-state index is 0.0448. The summed E-state index contributed by atoms with van der Waals surface area (Å²) in [6.07, 6.45) is 3.44. The van der Waals surface area contributed by atoms with Crippen LogP contribution in [-0.4, -0.2) is 34.0 Å². The number of aliphatic hydroxyl groups excluding tert-OH is 1. The third kappa shape index (κ3) is 4.11. The van der Waals surface area contributed by atoms with E-state index in [4.69, 9.17) is 5.73 Å². The van der Waals surface area contributed by atoms with E-state index in [0.29, 0.717) is 13.1 Å². The fraction of sp³-hybridized carbons (Fsp3) is 0.250. The van der Waals surface area contributed by atoms with Crippen LogP contribution in [0.2, 0.25) is 0 Å². The SMILES string of the molecule is NC(=O)C(c1ccccc1)N(CCO)Cc1cccnc1. The third-order valence-corrected chi connectivity index (χ3v) is 3.25. The monoisotopic (exact) mass is 285 g/mol. The molecule has 1 atom stereocenters. The Hall–Kier alpha value is -2.24. The molecule has 0 spiro atoms. The number of aromatic nitrogens is 1. The van der Waals surface area contributed by atoms with E-state index in [1.807, 2.05) is 47.4 Å². The zero-order chi connectivity index (χ0) is 15.1. The van der Waals surface area contributed by atoms with E-state index in [2.05, 4.69) is 4.98 Å². The Morgan fingerprint density at radius 2 is 2.00 bits per heavy atom. The van der Waals surface area contributed by atoms with Gasteiger partial charge >= 0.3 is 0 Å². The number of hydrogen-bond acceptors (Lipinski definition) is 4. The van der Waals surface area contributed by atoms with Crippen molar-refractivity contribution >= 4 is 5.91 Å². The minimum Gasteiger partial charge on any atom is -0.395 e. The normalized spacial score (nSPS) is 12.3. The quantitative estimate of drug-likeness (QED) is 0.798. The number of nitrogens with zero attached hydrogens (tertiary/aromatic N) is 2. The van der Waals surface area contributed by atoms with E-state index in [0.717, 1.165) is 11.1 Å². The number of benzene rings is 1. The molecule has 1 aromatic heterocycles. The van der Waals surface area contributed by atoms with Crippen molar-refractivity contribution < 1.29 is 9.90 Å². The standard InChI is InChI=1S/C16H19N3O2/c17-16(21)15(14-6-2-1-3-7-14)19(9-10-20)12-13-5-4-8-18-11-13/h1-8,11,15,20H,9-10,12H2,(H2,17,21). The maximum atomic E-state index is 11.9. The van der Waals surface area contributed by atoms with Gasteiger partial charge in [0.25, 0.3) is 0 Å². The molecule has 0 aliphatic heterocycles. The van der Waals surface area contributed by atoms with E-state index in [1.165, 1.54) is 0 Å². The maximum absolute atomic E-state index is 11.9. The van der Waals surface area contributed by atoms with Gasteiger partial charge in [-0.05, 0) is 17.2 Å². The highest BCUT2D eigenvalue weighted by molar-refractivity contribution is 5.81. The van der Waals surface area contributed by atoms with Crippen LogP contribution >= 0.6 is 0 Å². The summed E-state index contributed by atoms with van der Waals surface area (Å²) in [6.45, 7) is 0.811. The molecular formula is C16H19N3O2. The molecule has 1 unspecified atom stereocenters. The summed E-state index contributed by atoms with van der Waals surface area (Å²) >= 11 is 0. The number of carbonyl (C=O) groups is 1. The highest BCUT2D eigenvalue weighted by Gasteiger charge is 2.25.